The summed E-state index contributed by atoms with van der Waals surface area (Å²) in [5.41, 5.74) is 3.50. The van der Waals surface area contributed by atoms with Crippen LogP contribution in [-0.4, -0.2) is 33.0 Å². The Kier molecular flexibility index (Phi) is 6.31. The Labute approximate surface area is 169 Å². The molecule has 3 aromatic rings. The van der Waals surface area contributed by atoms with E-state index in [1.807, 2.05) is 36.7 Å². The summed E-state index contributed by atoms with van der Waals surface area (Å²) < 4.78 is 17.7. The molecule has 0 saturated carbocycles. The number of methoxy groups -OCH3 is 1. The van der Waals surface area contributed by atoms with Crippen LogP contribution in [0, 0.1) is 19.8 Å². The molecule has 2 aromatic heterocycles. The third-order valence-corrected chi connectivity index (χ3v) is 4.54. The topological polar surface area (TPSA) is 92.3 Å². The molecule has 0 aliphatic rings. The lowest BCUT2D eigenvalue weighted by Crippen LogP contribution is -2.11. The number of hydrogen-bond donors (Lipinski definition) is 0. The molecule has 0 aliphatic heterocycles. The van der Waals surface area contributed by atoms with Crippen molar-refractivity contribution in [3.8, 4) is 17.1 Å². The van der Waals surface area contributed by atoms with Crippen molar-refractivity contribution in [2.24, 2.45) is 5.92 Å². The van der Waals surface area contributed by atoms with Crippen LogP contribution in [0.3, 0.4) is 0 Å². The van der Waals surface area contributed by atoms with Crippen molar-refractivity contribution in [1.82, 2.24) is 19.9 Å². The summed E-state index contributed by atoms with van der Waals surface area (Å²) in [6, 6.07) is 7.33. The summed E-state index contributed by atoms with van der Waals surface area (Å²) in [5.74, 6) is 1.46. The molecule has 8 nitrogen and oxygen atoms in total. The van der Waals surface area contributed by atoms with Crippen LogP contribution in [0.15, 0.2) is 28.8 Å². The minimum absolute atomic E-state index is 0.0754. The first-order valence-electron chi connectivity index (χ1n) is 9.53. The standard InChI is InChI=1S/C21H26N4O4/c1-13(2)11-25-15(4)18(14(3)23-25)10-20(26)28-12-19-22-21(24-29-19)16-7-6-8-17(9-16)27-5/h6-9,13H,10-12H2,1-5H3. The maximum absolute atomic E-state index is 12.3. The molecule has 2 heterocycles. The summed E-state index contributed by atoms with van der Waals surface area (Å²) in [6.07, 6.45) is 0.159. The monoisotopic (exact) mass is 398 g/mol. The largest absolute Gasteiger partial charge is 0.497 e. The highest BCUT2D eigenvalue weighted by atomic mass is 16.6. The normalized spacial score (nSPS) is 11.1. The van der Waals surface area contributed by atoms with Crippen molar-refractivity contribution >= 4 is 5.97 Å². The van der Waals surface area contributed by atoms with Gasteiger partial charge in [-0.1, -0.05) is 31.1 Å². The number of hydrogen-bond acceptors (Lipinski definition) is 7. The van der Waals surface area contributed by atoms with Gasteiger partial charge in [-0.15, -0.1) is 0 Å². The molecule has 154 valence electrons. The van der Waals surface area contributed by atoms with Crippen LogP contribution in [0.2, 0.25) is 0 Å². The average Bonchev–Trinajstić information content (AvgIpc) is 3.27. The van der Waals surface area contributed by atoms with E-state index in [-0.39, 0.29) is 24.9 Å². The van der Waals surface area contributed by atoms with E-state index in [2.05, 4.69) is 29.1 Å². The van der Waals surface area contributed by atoms with Crippen molar-refractivity contribution in [2.75, 3.05) is 7.11 Å². The number of aryl methyl sites for hydroxylation is 1. The summed E-state index contributed by atoms with van der Waals surface area (Å²) in [6.45, 7) is 8.89. The van der Waals surface area contributed by atoms with Gasteiger partial charge in [-0.25, -0.2) is 0 Å². The Morgan fingerprint density at radius 3 is 2.79 bits per heavy atom. The fourth-order valence-corrected chi connectivity index (χ4v) is 3.04. The molecule has 1 aromatic carbocycles. The van der Waals surface area contributed by atoms with E-state index < -0.39 is 0 Å². The molecule has 3 rings (SSSR count). The molecule has 0 unspecified atom stereocenters. The third kappa shape index (κ3) is 5.01. The molecule has 0 amide bonds. The summed E-state index contributed by atoms with van der Waals surface area (Å²) in [7, 11) is 1.59. The zero-order valence-corrected chi connectivity index (χ0v) is 17.4. The number of carbonyl (C=O) groups excluding carboxylic acids is 1. The van der Waals surface area contributed by atoms with Gasteiger partial charge in [0.1, 0.15) is 5.75 Å². The molecule has 0 aliphatic carbocycles. The first-order chi connectivity index (χ1) is 13.9. The number of aromatic nitrogens is 4. The van der Waals surface area contributed by atoms with Gasteiger partial charge in [0.2, 0.25) is 5.82 Å². The van der Waals surface area contributed by atoms with Gasteiger partial charge in [0, 0.05) is 23.4 Å². The van der Waals surface area contributed by atoms with Gasteiger partial charge >= 0.3 is 5.97 Å². The second kappa shape index (κ2) is 8.89. The van der Waals surface area contributed by atoms with E-state index >= 15 is 0 Å². The lowest BCUT2D eigenvalue weighted by molar-refractivity contribution is -0.144. The van der Waals surface area contributed by atoms with E-state index in [1.165, 1.54) is 0 Å². The molecule has 8 heteroatoms. The van der Waals surface area contributed by atoms with E-state index in [1.54, 1.807) is 13.2 Å². The second-order valence-electron chi connectivity index (χ2n) is 7.31. The van der Waals surface area contributed by atoms with Crippen molar-refractivity contribution in [3.63, 3.8) is 0 Å². The first-order valence-corrected chi connectivity index (χ1v) is 9.53. The number of nitrogens with zero attached hydrogens (tertiary/aromatic N) is 4. The molecule has 0 bridgehead atoms. The maximum atomic E-state index is 12.3. The zero-order chi connectivity index (χ0) is 21.0. The molecule has 0 atom stereocenters. The molecular weight excluding hydrogens is 372 g/mol. The van der Waals surface area contributed by atoms with Gasteiger partial charge in [0.05, 0.1) is 19.2 Å². The average molecular weight is 398 g/mol. The zero-order valence-electron chi connectivity index (χ0n) is 17.4. The van der Waals surface area contributed by atoms with E-state index in [4.69, 9.17) is 14.0 Å². The highest BCUT2D eigenvalue weighted by molar-refractivity contribution is 5.73. The van der Waals surface area contributed by atoms with Crippen LogP contribution in [-0.2, 0) is 29.1 Å². The summed E-state index contributed by atoms with van der Waals surface area (Å²) in [5, 5.41) is 8.47. The van der Waals surface area contributed by atoms with Gasteiger partial charge in [0.25, 0.3) is 5.89 Å². The Morgan fingerprint density at radius 2 is 2.07 bits per heavy atom. The predicted molar refractivity (Wildman–Crippen MR) is 106 cm³/mol. The summed E-state index contributed by atoms with van der Waals surface area (Å²) in [4.78, 5) is 16.6. The highest BCUT2D eigenvalue weighted by Gasteiger charge is 2.17. The third-order valence-electron chi connectivity index (χ3n) is 4.54. The minimum atomic E-state index is -0.360. The van der Waals surface area contributed by atoms with E-state index in [9.17, 15) is 4.79 Å². The fraction of sp³-hybridized carbons (Fsp3) is 0.429. The predicted octanol–water partition coefficient (Wildman–Crippen LogP) is 3.50. The van der Waals surface area contributed by atoms with Crippen LogP contribution in [0.4, 0.5) is 0 Å². The van der Waals surface area contributed by atoms with Crippen molar-refractivity contribution < 1.29 is 18.8 Å². The minimum Gasteiger partial charge on any atom is -0.497 e. The van der Waals surface area contributed by atoms with Crippen molar-refractivity contribution in [3.05, 3.63) is 47.1 Å². The highest BCUT2D eigenvalue weighted by Crippen LogP contribution is 2.21. The van der Waals surface area contributed by atoms with Crippen LogP contribution < -0.4 is 4.74 Å². The van der Waals surface area contributed by atoms with Crippen LogP contribution in [0.1, 0.15) is 36.7 Å². The molecule has 0 saturated heterocycles. The lowest BCUT2D eigenvalue weighted by Gasteiger charge is -2.08. The number of carbonyl (C=O) groups is 1. The Hall–Kier alpha value is -3.16. The summed E-state index contributed by atoms with van der Waals surface area (Å²) >= 11 is 0. The van der Waals surface area contributed by atoms with Gasteiger partial charge < -0.3 is 14.0 Å². The second-order valence-corrected chi connectivity index (χ2v) is 7.31. The van der Waals surface area contributed by atoms with Gasteiger partial charge in [-0.05, 0) is 31.9 Å². The number of ether oxygens (including phenoxy) is 2. The Bertz CT molecular complexity index is 990. The fourth-order valence-electron chi connectivity index (χ4n) is 3.04. The van der Waals surface area contributed by atoms with Crippen molar-refractivity contribution in [1.29, 1.82) is 0 Å². The van der Waals surface area contributed by atoms with Crippen LogP contribution >= 0.6 is 0 Å². The van der Waals surface area contributed by atoms with Gasteiger partial charge in [-0.3, -0.25) is 9.48 Å². The van der Waals surface area contributed by atoms with E-state index in [0.29, 0.717) is 17.5 Å². The number of benzene rings is 1. The molecular formula is C21H26N4O4. The molecule has 0 spiro atoms. The van der Waals surface area contributed by atoms with Gasteiger partial charge in [-0.2, -0.15) is 10.1 Å². The SMILES string of the molecule is COc1cccc(-c2noc(COC(=O)Cc3c(C)nn(CC(C)C)c3C)n2)c1. The number of rotatable bonds is 8. The Morgan fingerprint density at radius 1 is 1.28 bits per heavy atom. The molecule has 29 heavy (non-hydrogen) atoms. The van der Waals surface area contributed by atoms with E-state index in [0.717, 1.165) is 29.1 Å². The quantitative estimate of drug-likeness (QED) is 0.536. The number of esters is 1. The van der Waals surface area contributed by atoms with Crippen LogP contribution in [0.25, 0.3) is 11.4 Å². The first kappa shape index (κ1) is 20.6. The smallest absolute Gasteiger partial charge is 0.310 e. The van der Waals surface area contributed by atoms with Crippen LogP contribution in [0.5, 0.6) is 5.75 Å². The lowest BCUT2D eigenvalue weighted by atomic mass is 10.1. The molecule has 0 fully saturated rings. The van der Waals surface area contributed by atoms with Gasteiger partial charge in [0.15, 0.2) is 6.61 Å². The molecule has 0 N–H and O–H groups in total. The Balaban J connectivity index is 1.60. The molecule has 0 radical (unpaired) electrons. The van der Waals surface area contributed by atoms with Crippen molar-refractivity contribution in [2.45, 2.75) is 47.3 Å². The maximum Gasteiger partial charge on any atom is 0.310 e.